The van der Waals surface area contributed by atoms with Crippen LogP contribution in [0.25, 0.3) is 10.8 Å². The summed E-state index contributed by atoms with van der Waals surface area (Å²) >= 11 is 0. The SMILES string of the molecule is C=C/C=C1/B2c3ccccc3Oc3c2c(cc2ccccc32)OC1=C. The minimum Gasteiger partial charge on any atom is -0.459 e. The molecule has 0 bridgehead atoms. The van der Waals surface area contributed by atoms with E-state index in [1.807, 2.05) is 36.4 Å². The standard InChI is InChI=1S/C22H15BO2/c1-3-8-17-14(2)24-20-13-15-9-4-5-10-16(15)22-21(20)23(17)18-11-6-7-12-19(18)25-22/h3-13H,1-2H2/b17-8+. The predicted octanol–water partition coefficient (Wildman–Crippen LogP) is 4.11. The normalized spacial score (nSPS) is 16.1. The quantitative estimate of drug-likeness (QED) is 0.628. The Morgan fingerprint density at radius 3 is 2.60 bits per heavy atom. The number of benzene rings is 3. The van der Waals surface area contributed by atoms with Gasteiger partial charge in [0.25, 0.3) is 6.71 Å². The van der Waals surface area contributed by atoms with Gasteiger partial charge in [0, 0.05) is 10.8 Å². The van der Waals surface area contributed by atoms with E-state index in [1.165, 1.54) is 0 Å². The van der Waals surface area contributed by atoms with Crippen molar-refractivity contribution in [1.82, 2.24) is 0 Å². The molecule has 0 aromatic heterocycles. The Labute approximate surface area is 146 Å². The average Bonchev–Trinajstić information content (AvgIpc) is 2.64. The summed E-state index contributed by atoms with van der Waals surface area (Å²) in [4.78, 5) is 0. The van der Waals surface area contributed by atoms with E-state index < -0.39 is 0 Å². The first-order valence-corrected chi connectivity index (χ1v) is 8.30. The molecule has 5 rings (SSSR count). The van der Waals surface area contributed by atoms with Crippen LogP contribution in [0.2, 0.25) is 0 Å². The van der Waals surface area contributed by atoms with Crippen molar-refractivity contribution in [1.29, 1.82) is 0 Å². The van der Waals surface area contributed by atoms with Crippen molar-refractivity contribution >= 4 is 28.4 Å². The van der Waals surface area contributed by atoms with Crippen molar-refractivity contribution in [2.24, 2.45) is 0 Å². The summed E-state index contributed by atoms with van der Waals surface area (Å²) < 4.78 is 12.4. The van der Waals surface area contributed by atoms with Crippen molar-refractivity contribution < 1.29 is 9.47 Å². The largest absolute Gasteiger partial charge is 0.459 e. The highest BCUT2D eigenvalue weighted by Gasteiger charge is 2.41. The summed E-state index contributed by atoms with van der Waals surface area (Å²) in [6.07, 6.45) is 3.77. The highest BCUT2D eigenvalue weighted by Crippen LogP contribution is 2.40. The maximum atomic E-state index is 6.34. The minimum absolute atomic E-state index is 0.0406. The Morgan fingerprint density at radius 1 is 0.920 bits per heavy atom. The second kappa shape index (κ2) is 5.15. The van der Waals surface area contributed by atoms with Gasteiger partial charge in [0.1, 0.15) is 23.0 Å². The molecule has 3 aromatic carbocycles. The molecule has 2 aliphatic rings. The lowest BCUT2D eigenvalue weighted by Gasteiger charge is -2.34. The summed E-state index contributed by atoms with van der Waals surface area (Å²) in [5.74, 6) is 3.24. The molecule has 2 heterocycles. The molecular weight excluding hydrogens is 307 g/mol. The van der Waals surface area contributed by atoms with Crippen LogP contribution in [0.15, 0.2) is 91.1 Å². The van der Waals surface area contributed by atoms with Gasteiger partial charge >= 0.3 is 0 Å². The molecule has 0 atom stereocenters. The van der Waals surface area contributed by atoms with Crippen LogP contribution in [0, 0.1) is 0 Å². The number of hydrogen-bond acceptors (Lipinski definition) is 2. The molecule has 25 heavy (non-hydrogen) atoms. The smallest absolute Gasteiger partial charge is 0.260 e. The Kier molecular flexibility index (Phi) is 2.92. The van der Waals surface area contributed by atoms with Crippen LogP contribution < -0.4 is 20.4 Å². The predicted molar refractivity (Wildman–Crippen MR) is 104 cm³/mol. The van der Waals surface area contributed by atoms with Gasteiger partial charge in [0.15, 0.2) is 0 Å². The summed E-state index contributed by atoms with van der Waals surface area (Å²) in [7, 11) is 0. The van der Waals surface area contributed by atoms with Gasteiger partial charge in [-0.3, -0.25) is 0 Å². The fourth-order valence-corrected chi connectivity index (χ4v) is 3.84. The highest BCUT2D eigenvalue weighted by atomic mass is 16.5. The lowest BCUT2D eigenvalue weighted by molar-refractivity contribution is 0.435. The average molecular weight is 322 g/mol. The van der Waals surface area contributed by atoms with Crippen molar-refractivity contribution in [2.45, 2.75) is 0 Å². The first-order chi connectivity index (χ1) is 12.3. The third-order valence-electron chi connectivity index (χ3n) is 4.90. The number of rotatable bonds is 1. The maximum Gasteiger partial charge on any atom is 0.260 e. The zero-order chi connectivity index (χ0) is 17.0. The summed E-state index contributed by atoms with van der Waals surface area (Å²) in [5.41, 5.74) is 3.22. The van der Waals surface area contributed by atoms with E-state index in [9.17, 15) is 0 Å². The second-order valence-electron chi connectivity index (χ2n) is 6.29. The van der Waals surface area contributed by atoms with E-state index in [2.05, 4.69) is 37.4 Å². The Hall–Kier alpha value is -3.20. The van der Waals surface area contributed by atoms with Crippen LogP contribution in [0.3, 0.4) is 0 Å². The summed E-state index contributed by atoms with van der Waals surface area (Å²) in [5, 5.41) is 2.19. The van der Waals surface area contributed by atoms with Crippen LogP contribution in [-0.4, -0.2) is 6.71 Å². The second-order valence-corrected chi connectivity index (χ2v) is 6.29. The fourth-order valence-electron chi connectivity index (χ4n) is 3.84. The Bertz CT molecular complexity index is 1090. The molecule has 0 N–H and O–H groups in total. The Balaban J connectivity index is 1.92. The van der Waals surface area contributed by atoms with Gasteiger partial charge in [-0.05, 0) is 28.5 Å². The fraction of sp³-hybridized carbons (Fsp3) is 0. The van der Waals surface area contributed by atoms with E-state index in [1.54, 1.807) is 6.08 Å². The van der Waals surface area contributed by atoms with E-state index in [-0.39, 0.29) is 6.71 Å². The molecular formula is C22H15BO2. The van der Waals surface area contributed by atoms with Crippen molar-refractivity contribution in [3.63, 3.8) is 0 Å². The van der Waals surface area contributed by atoms with Crippen LogP contribution in [0.5, 0.6) is 17.2 Å². The number of allylic oxidation sites excluding steroid dienone is 3. The maximum absolute atomic E-state index is 6.34. The van der Waals surface area contributed by atoms with E-state index in [0.717, 1.165) is 44.4 Å². The molecule has 0 amide bonds. The summed E-state index contributed by atoms with van der Waals surface area (Å²) in [6.45, 7) is 8.04. The molecule has 0 saturated carbocycles. The minimum atomic E-state index is 0.0406. The van der Waals surface area contributed by atoms with Gasteiger partial charge in [0.2, 0.25) is 0 Å². The lowest BCUT2D eigenvalue weighted by Crippen LogP contribution is -2.51. The first-order valence-electron chi connectivity index (χ1n) is 8.30. The van der Waals surface area contributed by atoms with Gasteiger partial charge in [-0.2, -0.15) is 0 Å². The van der Waals surface area contributed by atoms with Crippen LogP contribution in [0.4, 0.5) is 0 Å². The molecule has 3 heteroatoms. The molecule has 0 aliphatic carbocycles. The number of hydrogen-bond donors (Lipinski definition) is 0. The molecule has 2 nitrogen and oxygen atoms in total. The van der Waals surface area contributed by atoms with E-state index >= 15 is 0 Å². The van der Waals surface area contributed by atoms with E-state index in [0.29, 0.717) is 5.76 Å². The third-order valence-corrected chi connectivity index (χ3v) is 4.90. The molecule has 118 valence electrons. The zero-order valence-electron chi connectivity index (χ0n) is 13.7. The Morgan fingerprint density at radius 2 is 1.72 bits per heavy atom. The molecule has 0 fully saturated rings. The third kappa shape index (κ3) is 1.93. The topological polar surface area (TPSA) is 18.5 Å². The van der Waals surface area contributed by atoms with Crippen molar-refractivity contribution in [3.8, 4) is 17.2 Å². The molecule has 0 spiro atoms. The first kappa shape index (κ1) is 14.2. The molecule has 0 radical (unpaired) electrons. The number of para-hydroxylation sites is 1. The van der Waals surface area contributed by atoms with Crippen molar-refractivity contribution in [2.75, 3.05) is 0 Å². The van der Waals surface area contributed by atoms with Gasteiger partial charge in [-0.1, -0.05) is 67.8 Å². The van der Waals surface area contributed by atoms with Gasteiger partial charge in [0.05, 0.1) is 0 Å². The molecule has 2 aliphatic heterocycles. The monoisotopic (exact) mass is 322 g/mol. The highest BCUT2D eigenvalue weighted by molar-refractivity contribution is 6.94. The van der Waals surface area contributed by atoms with Crippen molar-refractivity contribution in [3.05, 3.63) is 91.1 Å². The van der Waals surface area contributed by atoms with Crippen LogP contribution in [0.1, 0.15) is 0 Å². The van der Waals surface area contributed by atoms with E-state index in [4.69, 9.17) is 9.47 Å². The van der Waals surface area contributed by atoms with Crippen LogP contribution >= 0.6 is 0 Å². The summed E-state index contributed by atoms with van der Waals surface area (Å²) in [6, 6.07) is 18.5. The van der Waals surface area contributed by atoms with Gasteiger partial charge in [-0.15, -0.1) is 0 Å². The molecule has 3 aromatic rings. The van der Waals surface area contributed by atoms with Gasteiger partial charge in [-0.25, -0.2) is 0 Å². The lowest BCUT2D eigenvalue weighted by atomic mass is 9.34. The van der Waals surface area contributed by atoms with Gasteiger partial charge < -0.3 is 9.47 Å². The number of fused-ring (bicyclic) bond motifs is 4. The number of ether oxygens (including phenoxy) is 2. The molecule has 0 saturated heterocycles. The zero-order valence-corrected chi connectivity index (χ0v) is 13.7. The molecule has 0 unspecified atom stereocenters. The van der Waals surface area contributed by atoms with Crippen LogP contribution in [-0.2, 0) is 0 Å².